The molecule has 2 aromatic rings. The molecular formula is C17H20ClN3O. The van der Waals surface area contributed by atoms with E-state index in [1.807, 2.05) is 56.3 Å². The lowest BCUT2D eigenvalue weighted by atomic mass is 9.94. The van der Waals surface area contributed by atoms with E-state index in [2.05, 4.69) is 15.6 Å². The van der Waals surface area contributed by atoms with E-state index in [0.29, 0.717) is 11.6 Å². The molecule has 1 heterocycles. The molecule has 4 nitrogen and oxygen atoms in total. The van der Waals surface area contributed by atoms with Gasteiger partial charge in [0.25, 0.3) is 0 Å². The average molecular weight is 318 g/mol. The molecule has 0 aliphatic carbocycles. The molecule has 1 aromatic heterocycles. The second-order valence-electron chi connectivity index (χ2n) is 5.59. The number of halogens is 1. The van der Waals surface area contributed by atoms with Crippen molar-refractivity contribution in [3.63, 3.8) is 0 Å². The summed E-state index contributed by atoms with van der Waals surface area (Å²) >= 11 is 6.02. The zero-order chi connectivity index (χ0) is 16.0. The predicted octanol–water partition coefficient (Wildman–Crippen LogP) is 2.88. The highest BCUT2D eigenvalue weighted by molar-refractivity contribution is 6.30. The van der Waals surface area contributed by atoms with E-state index in [0.717, 1.165) is 11.3 Å². The van der Waals surface area contributed by atoms with Crippen LogP contribution >= 0.6 is 11.6 Å². The molecule has 5 heteroatoms. The lowest BCUT2D eigenvalue weighted by Gasteiger charge is -2.27. The van der Waals surface area contributed by atoms with E-state index in [4.69, 9.17) is 11.6 Å². The number of aromatic nitrogens is 1. The number of hydrogen-bond acceptors (Lipinski definition) is 3. The normalized spacial score (nSPS) is 11.2. The van der Waals surface area contributed by atoms with Crippen LogP contribution in [0.25, 0.3) is 0 Å². The van der Waals surface area contributed by atoms with E-state index in [1.54, 1.807) is 6.20 Å². The van der Waals surface area contributed by atoms with Gasteiger partial charge in [-0.2, -0.15) is 0 Å². The Morgan fingerprint density at radius 3 is 2.73 bits per heavy atom. The van der Waals surface area contributed by atoms with Gasteiger partial charge in [0, 0.05) is 16.8 Å². The van der Waals surface area contributed by atoms with Gasteiger partial charge in [-0.25, -0.2) is 0 Å². The Hall–Kier alpha value is -1.91. The standard InChI is InChI=1S/C17H20ClN3O/c1-17(2,13-6-5-7-14(18)10-13)21-12-16(22)20-11-15-8-3-4-9-19-15/h3-10,21H,11-12H2,1-2H3,(H,20,22). The number of benzene rings is 1. The van der Waals surface area contributed by atoms with E-state index in [-0.39, 0.29) is 18.0 Å². The summed E-state index contributed by atoms with van der Waals surface area (Å²) in [7, 11) is 0. The minimum Gasteiger partial charge on any atom is -0.349 e. The maximum atomic E-state index is 11.9. The Morgan fingerprint density at radius 1 is 1.23 bits per heavy atom. The SMILES string of the molecule is CC(C)(NCC(=O)NCc1ccccn1)c1cccc(Cl)c1. The van der Waals surface area contributed by atoms with Gasteiger partial charge in [0.15, 0.2) is 0 Å². The molecule has 0 fully saturated rings. The fraction of sp³-hybridized carbons (Fsp3) is 0.294. The molecule has 1 amide bonds. The molecule has 0 aliphatic rings. The number of pyridine rings is 1. The summed E-state index contributed by atoms with van der Waals surface area (Å²) in [4.78, 5) is 16.1. The molecule has 0 atom stereocenters. The minimum absolute atomic E-state index is 0.0687. The molecular weight excluding hydrogens is 298 g/mol. The van der Waals surface area contributed by atoms with Gasteiger partial charge in [0.2, 0.25) is 5.91 Å². The maximum absolute atomic E-state index is 11.9. The van der Waals surface area contributed by atoms with Crippen molar-refractivity contribution >= 4 is 17.5 Å². The van der Waals surface area contributed by atoms with Crippen LogP contribution in [0.5, 0.6) is 0 Å². The van der Waals surface area contributed by atoms with Crippen molar-refractivity contribution in [3.05, 3.63) is 64.9 Å². The van der Waals surface area contributed by atoms with E-state index >= 15 is 0 Å². The highest BCUT2D eigenvalue weighted by atomic mass is 35.5. The number of carbonyl (C=O) groups is 1. The second-order valence-corrected chi connectivity index (χ2v) is 6.02. The Labute approximate surface area is 135 Å². The third-order valence-electron chi connectivity index (χ3n) is 3.43. The van der Waals surface area contributed by atoms with Crippen LogP contribution in [-0.4, -0.2) is 17.4 Å². The first-order chi connectivity index (χ1) is 10.5. The summed E-state index contributed by atoms with van der Waals surface area (Å²) in [5.74, 6) is -0.0687. The van der Waals surface area contributed by atoms with Crippen molar-refractivity contribution in [2.24, 2.45) is 0 Å². The molecule has 0 saturated heterocycles. The smallest absolute Gasteiger partial charge is 0.234 e. The highest BCUT2D eigenvalue weighted by Crippen LogP contribution is 2.22. The fourth-order valence-corrected chi connectivity index (χ4v) is 2.23. The number of nitrogens with one attached hydrogen (secondary N) is 2. The van der Waals surface area contributed by atoms with Gasteiger partial charge < -0.3 is 5.32 Å². The van der Waals surface area contributed by atoms with Gasteiger partial charge in [-0.05, 0) is 43.7 Å². The van der Waals surface area contributed by atoms with Crippen molar-refractivity contribution in [1.82, 2.24) is 15.6 Å². The first-order valence-electron chi connectivity index (χ1n) is 7.15. The molecule has 2 N–H and O–H groups in total. The molecule has 2 rings (SSSR count). The highest BCUT2D eigenvalue weighted by Gasteiger charge is 2.20. The quantitative estimate of drug-likeness (QED) is 0.861. The van der Waals surface area contributed by atoms with Crippen LogP contribution in [0.4, 0.5) is 0 Å². The fourth-order valence-electron chi connectivity index (χ4n) is 2.03. The zero-order valence-corrected chi connectivity index (χ0v) is 13.5. The molecule has 0 unspecified atom stereocenters. The van der Waals surface area contributed by atoms with Crippen molar-refractivity contribution in [2.75, 3.05) is 6.54 Å². The minimum atomic E-state index is -0.340. The number of carbonyl (C=O) groups excluding carboxylic acids is 1. The summed E-state index contributed by atoms with van der Waals surface area (Å²) in [5.41, 5.74) is 1.54. The van der Waals surface area contributed by atoms with Gasteiger partial charge in [0.1, 0.15) is 0 Å². The monoisotopic (exact) mass is 317 g/mol. The number of rotatable bonds is 6. The molecule has 0 bridgehead atoms. The number of hydrogen-bond donors (Lipinski definition) is 2. The van der Waals surface area contributed by atoms with Gasteiger partial charge in [-0.3, -0.25) is 15.1 Å². The lowest BCUT2D eigenvalue weighted by molar-refractivity contribution is -0.120. The summed E-state index contributed by atoms with van der Waals surface area (Å²) in [6, 6.07) is 13.3. The van der Waals surface area contributed by atoms with E-state index in [1.165, 1.54) is 0 Å². The largest absolute Gasteiger partial charge is 0.349 e. The van der Waals surface area contributed by atoms with Crippen molar-refractivity contribution in [1.29, 1.82) is 0 Å². The van der Waals surface area contributed by atoms with Gasteiger partial charge in [-0.1, -0.05) is 29.8 Å². The zero-order valence-electron chi connectivity index (χ0n) is 12.8. The Balaban J connectivity index is 1.85. The topological polar surface area (TPSA) is 54.0 Å². The predicted molar refractivity (Wildman–Crippen MR) is 88.6 cm³/mol. The Kier molecular flexibility index (Phi) is 5.52. The van der Waals surface area contributed by atoms with Gasteiger partial charge >= 0.3 is 0 Å². The van der Waals surface area contributed by atoms with Crippen molar-refractivity contribution in [2.45, 2.75) is 25.9 Å². The van der Waals surface area contributed by atoms with Gasteiger partial charge in [-0.15, -0.1) is 0 Å². The van der Waals surface area contributed by atoms with Crippen LogP contribution in [0.2, 0.25) is 5.02 Å². The molecule has 0 aliphatic heterocycles. The maximum Gasteiger partial charge on any atom is 0.234 e. The summed E-state index contributed by atoms with van der Waals surface area (Å²) in [6.45, 7) is 4.70. The Morgan fingerprint density at radius 2 is 2.05 bits per heavy atom. The molecule has 1 aromatic carbocycles. The molecule has 0 saturated carbocycles. The van der Waals surface area contributed by atoms with E-state index in [9.17, 15) is 4.79 Å². The summed E-state index contributed by atoms with van der Waals surface area (Å²) in [5, 5.41) is 6.78. The third kappa shape index (κ3) is 4.83. The third-order valence-corrected chi connectivity index (χ3v) is 3.67. The van der Waals surface area contributed by atoms with Crippen LogP contribution < -0.4 is 10.6 Å². The van der Waals surface area contributed by atoms with Crippen LogP contribution in [0, 0.1) is 0 Å². The lowest BCUT2D eigenvalue weighted by Crippen LogP contribution is -2.43. The molecule has 0 spiro atoms. The van der Waals surface area contributed by atoms with Crippen LogP contribution in [0.3, 0.4) is 0 Å². The molecule has 116 valence electrons. The van der Waals surface area contributed by atoms with Crippen molar-refractivity contribution in [3.8, 4) is 0 Å². The van der Waals surface area contributed by atoms with Gasteiger partial charge in [0.05, 0.1) is 18.8 Å². The summed E-state index contributed by atoms with van der Waals surface area (Å²) < 4.78 is 0. The van der Waals surface area contributed by atoms with Crippen molar-refractivity contribution < 1.29 is 4.79 Å². The molecule has 22 heavy (non-hydrogen) atoms. The van der Waals surface area contributed by atoms with Crippen LogP contribution in [-0.2, 0) is 16.9 Å². The first-order valence-corrected chi connectivity index (χ1v) is 7.53. The summed E-state index contributed by atoms with van der Waals surface area (Å²) in [6.07, 6.45) is 1.71. The van der Waals surface area contributed by atoms with E-state index < -0.39 is 0 Å². The number of nitrogens with zero attached hydrogens (tertiary/aromatic N) is 1. The first kappa shape index (κ1) is 16.5. The Bertz CT molecular complexity index is 629. The molecule has 0 radical (unpaired) electrons. The average Bonchev–Trinajstić information content (AvgIpc) is 2.52. The second kappa shape index (κ2) is 7.38. The van der Waals surface area contributed by atoms with Crippen LogP contribution in [0.15, 0.2) is 48.7 Å². The van der Waals surface area contributed by atoms with Crippen LogP contribution in [0.1, 0.15) is 25.1 Å². The number of amides is 1.